The van der Waals surface area contributed by atoms with Crippen molar-refractivity contribution >= 4 is 0 Å². The van der Waals surface area contributed by atoms with E-state index in [9.17, 15) is 9.59 Å². The minimum atomic E-state index is -0.521. The Morgan fingerprint density at radius 3 is 2.65 bits per heavy atom. The molecule has 1 saturated carbocycles. The minimum absolute atomic E-state index is 0.0584. The number of aromatic nitrogens is 3. The Kier molecular flexibility index (Phi) is 3.01. The number of ether oxygens (including phenoxy) is 1. The lowest BCUT2D eigenvalue weighted by molar-refractivity contribution is 0.174. The number of nitrogens with zero attached hydrogens (tertiary/aromatic N) is 3. The third-order valence-electron chi connectivity index (χ3n) is 3.06. The van der Waals surface area contributed by atoms with Crippen molar-refractivity contribution in [3.8, 4) is 5.88 Å². The molecule has 1 heterocycles. The zero-order valence-corrected chi connectivity index (χ0v) is 9.92. The molecule has 7 heteroatoms. The lowest BCUT2D eigenvalue weighted by Gasteiger charge is -2.16. The van der Waals surface area contributed by atoms with Gasteiger partial charge in [-0.25, -0.2) is 9.48 Å². The van der Waals surface area contributed by atoms with Crippen LogP contribution in [0.4, 0.5) is 0 Å². The molecule has 7 nitrogen and oxygen atoms in total. The SMILES string of the molecule is Cn1nc(OC2CCCC2N)c(=O)n(C)c1=O. The molecule has 1 aromatic heterocycles. The fourth-order valence-corrected chi connectivity index (χ4v) is 1.99. The molecule has 17 heavy (non-hydrogen) atoms. The maximum Gasteiger partial charge on any atom is 0.347 e. The summed E-state index contributed by atoms with van der Waals surface area (Å²) in [5.74, 6) is -0.0584. The van der Waals surface area contributed by atoms with Gasteiger partial charge in [0.15, 0.2) is 0 Å². The first kappa shape index (κ1) is 11.8. The molecule has 0 radical (unpaired) electrons. The third-order valence-corrected chi connectivity index (χ3v) is 3.06. The monoisotopic (exact) mass is 240 g/mol. The molecular formula is C10H16N4O3. The Balaban J connectivity index is 2.34. The van der Waals surface area contributed by atoms with Gasteiger partial charge in [-0.3, -0.25) is 9.36 Å². The van der Waals surface area contributed by atoms with Crippen molar-refractivity contribution in [2.45, 2.75) is 31.4 Å². The first-order chi connectivity index (χ1) is 8.00. The largest absolute Gasteiger partial charge is 0.468 e. The quantitative estimate of drug-likeness (QED) is 0.696. The number of hydrogen-bond donors (Lipinski definition) is 1. The molecular weight excluding hydrogens is 224 g/mol. The van der Waals surface area contributed by atoms with E-state index < -0.39 is 11.2 Å². The van der Waals surface area contributed by atoms with Crippen LogP contribution in [0.15, 0.2) is 9.59 Å². The summed E-state index contributed by atoms with van der Waals surface area (Å²) in [6, 6.07) is -0.0706. The summed E-state index contributed by atoms with van der Waals surface area (Å²) in [7, 11) is 2.87. The highest BCUT2D eigenvalue weighted by Gasteiger charge is 2.27. The summed E-state index contributed by atoms with van der Waals surface area (Å²) in [4.78, 5) is 23.2. The van der Waals surface area contributed by atoms with Crippen molar-refractivity contribution in [2.75, 3.05) is 0 Å². The predicted molar refractivity (Wildman–Crippen MR) is 61.0 cm³/mol. The van der Waals surface area contributed by atoms with Crippen LogP contribution in [0.2, 0.25) is 0 Å². The van der Waals surface area contributed by atoms with Gasteiger partial charge in [-0.15, -0.1) is 5.10 Å². The average Bonchev–Trinajstić information content (AvgIpc) is 2.69. The van der Waals surface area contributed by atoms with E-state index in [-0.39, 0.29) is 18.0 Å². The maximum atomic E-state index is 11.8. The van der Waals surface area contributed by atoms with E-state index in [1.165, 1.54) is 14.1 Å². The Hall–Kier alpha value is -1.63. The second-order valence-corrected chi connectivity index (χ2v) is 4.33. The molecule has 94 valence electrons. The van der Waals surface area contributed by atoms with Crippen molar-refractivity contribution in [3.05, 3.63) is 20.8 Å². The van der Waals surface area contributed by atoms with Crippen LogP contribution < -0.4 is 21.7 Å². The second-order valence-electron chi connectivity index (χ2n) is 4.33. The molecule has 2 N–H and O–H groups in total. The van der Waals surface area contributed by atoms with Gasteiger partial charge >= 0.3 is 11.2 Å². The number of hydrogen-bond acceptors (Lipinski definition) is 5. The Morgan fingerprint density at radius 2 is 2.06 bits per heavy atom. The fraction of sp³-hybridized carbons (Fsp3) is 0.700. The van der Waals surface area contributed by atoms with Gasteiger partial charge in [0.25, 0.3) is 5.88 Å². The summed E-state index contributed by atoms with van der Waals surface area (Å²) in [6.07, 6.45) is 2.50. The van der Waals surface area contributed by atoms with Crippen molar-refractivity contribution in [3.63, 3.8) is 0 Å². The smallest absolute Gasteiger partial charge is 0.347 e. The highest BCUT2D eigenvalue weighted by Crippen LogP contribution is 2.20. The predicted octanol–water partition coefficient (Wildman–Crippen LogP) is -1.26. The van der Waals surface area contributed by atoms with E-state index in [1.54, 1.807) is 0 Å². The zero-order chi connectivity index (χ0) is 12.6. The first-order valence-corrected chi connectivity index (χ1v) is 5.57. The van der Waals surface area contributed by atoms with Crippen LogP contribution in [0.5, 0.6) is 5.88 Å². The Bertz CT molecular complexity index is 533. The lowest BCUT2D eigenvalue weighted by atomic mass is 10.2. The van der Waals surface area contributed by atoms with Gasteiger partial charge in [-0.1, -0.05) is 0 Å². The molecule has 2 atom stereocenters. The van der Waals surface area contributed by atoms with Crippen molar-refractivity contribution in [2.24, 2.45) is 19.8 Å². The minimum Gasteiger partial charge on any atom is -0.468 e. The first-order valence-electron chi connectivity index (χ1n) is 5.57. The molecule has 1 aliphatic carbocycles. The van der Waals surface area contributed by atoms with Crippen molar-refractivity contribution in [1.29, 1.82) is 0 Å². The molecule has 1 fully saturated rings. The summed E-state index contributed by atoms with van der Waals surface area (Å²) in [5, 5.41) is 3.82. The molecule has 0 aliphatic heterocycles. The van der Waals surface area contributed by atoms with Gasteiger partial charge in [-0.05, 0) is 19.3 Å². The van der Waals surface area contributed by atoms with E-state index in [0.717, 1.165) is 28.5 Å². The molecule has 0 aromatic carbocycles. The summed E-state index contributed by atoms with van der Waals surface area (Å²) < 4.78 is 7.56. The van der Waals surface area contributed by atoms with Crippen LogP contribution in [0.1, 0.15) is 19.3 Å². The Labute approximate surface area is 97.8 Å². The van der Waals surface area contributed by atoms with Gasteiger partial charge in [0.1, 0.15) is 6.10 Å². The van der Waals surface area contributed by atoms with Crippen LogP contribution in [0, 0.1) is 0 Å². The van der Waals surface area contributed by atoms with Gasteiger partial charge in [0.05, 0.1) is 0 Å². The number of aryl methyl sites for hydroxylation is 1. The molecule has 0 bridgehead atoms. The third kappa shape index (κ3) is 2.10. The number of rotatable bonds is 2. The zero-order valence-electron chi connectivity index (χ0n) is 9.92. The van der Waals surface area contributed by atoms with E-state index in [4.69, 9.17) is 10.5 Å². The molecule has 0 amide bonds. The molecule has 2 rings (SSSR count). The van der Waals surface area contributed by atoms with Crippen LogP contribution in [-0.2, 0) is 14.1 Å². The molecule has 1 aromatic rings. The van der Waals surface area contributed by atoms with Crippen LogP contribution in [-0.4, -0.2) is 26.5 Å². The standard InChI is InChI=1S/C10H16N4O3/c1-13-9(15)8(12-14(2)10(13)16)17-7-5-3-4-6(7)11/h6-7H,3-5,11H2,1-2H3. The summed E-state index contributed by atoms with van der Waals surface area (Å²) >= 11 is 0. The normalized spacial score (nSPS) is 23.9. The summed E-state index contributed by atoms with van der Waals surface area (Å²) in [5.41, 5.74) is 4.86. The Morgan fingerprint density at radius 1 is 1.35 bits per heavy atom. The van der Waals surface area contributed by atoms with E-state index in [1.807, 2.05) is 0 Å². The van der Waals surface area contributed by atoms with Gasteiger partial charge in [-0.2, -0.15) is 0 Å². The highest BCUT2D eigenvalue weighted by atomic mass is 16.5. The average molecular weight is 240 g/mol. The molecule has 1 aliphatic rings. The maximum absolute atomic E-state index is 11.8. The highest BCUT2D eigenvalue weighted by molar-refractivity contribution is 5.03. The molecule has 0 saturated heterocycles. The van der Waals surface area contributed by atoms with E-state index >= 15 is 0 Å². The van der Waals surface area contributed by atoms with Crippen LogP contribution >= 0.6 is 0 Å². The topological polar surface area (TPSA) is 92.1 Å². The fourth-order valence-electron chi connectivity index (χ4n) is 1.99. The summed E-state index contributed by atoms with van der Waals surface area (Å²) in [6.45, 7) is 0. The lowest BCUT2D eigenvalue weighted by Crippen LogP contribution is -2.42. The van der Waals surface area contributed by atoms with Crippen LogP contribution in [0.3, 0.4) is 0 Å². The van der Waals surface area contributed by atoms with E-state index in [2.05, 4.69) is 5.10 Å². The van der Waals surface area contributed by atoms with Crippen molar-refractivity contribution < 1.29 is 4.74 Å². The molecule has 2 unspecified atom stereocenters. The van der Waals surface area contributed by atoms with Gasteiger partial charge < -0.3 is 10.5 Å². The van der Waals surface area contributed by atoms with Crippen molar-refractivity contribution in [1.82, 2.24) is 14.3 Å². The van der Waals surface area contributed by atoms with E-state index in [0.29, 0.717) is 0 Å². The second kappa shape index (κ2) is 4.33. The van der Waals surface area contributed by atoms with Crippen LogP contribution in [0.25, 0.3) is 0 Å². The molecule has 0 spiro atoms. The number of nitrogens with two attached hydrogens (primary N) is 1. The van der Waals surface area contributed by atoms with Gasteiger partial charge in [0, 0.05) is 20.1 Å². The van der Waals surface area contributed by atoms with Gasteiger partial charge in [0.2, 0.25) is 0 Å².